The van der Waals surface area contributed by atoms with Crippen LogP contribution < -0.4 is 5.32 Å². The number of hydrogen-bond donors (Lipinski definition) is 1. The Kier molecular flexibility index (Phi) is 3.96. The van der Waals surface area contributed by atoms with E-state index in [0.717, 1.165) is 25.0 Å². The summed E-state index contributed by atoms with van der Waals surface area (Å²) in [6.07, 6.45) is 10.8. The molecule has 3 heterocycles. The minimum Gasteiger partial charge on any atom is -0.317 e. The topological polar surface area (TPSA) is 41.1 Å². The molecule has 1 spiro atoms. The second-order valence-corrected chi connectivity index (χ2v) is 9.73. The van der Waals surface area contributed by atoms with E-state index in [4.69, 9.17) is 0 Å². The molecule has 0 unspecified atom stereocenters. The van der Waals surface area contributed by atoms with E-state index in [1.807, 2.05) is 17.5 Å². The lowest BCUT2D eigenvalue weighted by molar-refractivity contribution is 0.189. The van der Waals surface area contributed by atoms with Gasteiger partial charge in [-0.2, -0.15) is 0 Å². The first-order chi connectivity index (χ1) is 11.8. The van der Waals surface area contributed by atoms with Crippen LogP contribution in [0.4, 0.5) is 0 Å². The van der Waals surface area contributed by atoms with Gasteiger partial charge in [-0.05, 0) is 50.6 Å². The van der Waals surface area contributed by atoms with Crippen molar-refractivity contribution in [2.24, 2.45) is 5.41 Å². The zero-order valence-corrected chi connectivity index (χ0v) is 15.5. The summed E-state index contributed by atoms with van der Waals surface area (Å²) in [4.78, 5) is 13.3. The fraction of sp³-hybridized carbons (Fsp3) is 0.667. The van der Waals surface area contributed by atoms with Crippen molar-refractivity contribution in [2.75, 3.05) is 13.1 Å². The van der Waals surface area contributed by atoms with E-state index in [2.05, 4.69) is 31.8 Å². The van der Waals surface area contributed by atoms with Crippen LogP contribution in [0.25, 0.3) is 0 Å². The monoisotopic (exact) mass is 360 g/mol. The summed E-state index contributed by atoms with van der Waals surface area (Å²) in [5.41, 5.74) is 0.576. The second kappa shape index (κ2) is 6.16. The molecule has 3 fully saturated rings. The van der Waals surface area contributed by atoms with Crippen LogP contribution in [0.3, 0.4) is 0 Å². The zero-order valence-electron chi connectivity index (χ0n) is 13.9. The third-order valence-electron chi connectivity index (χ3n) is 5.87. The van der Waals surface area contributed by atoms with E-state index in [1.54, 1.807) is 11.3 Å². The Bertz CT molecular complexity index is 686. The maximum absolute atomic E-state index is 4.68. The molecule has 128 valence electrons. The molecule has 4 nitrogen and oxygen atoms in total. The van der Waals surface area contributed by atoms with Gasteiger partial charge in [-0.1, -0.05) is 0 Å². The molecular formula is C18H24N4S2. The van der Waals surface area contributed by atoms with Gasteiger partial charge in [0.1, 0.15) is 5.01 Å². The van der Waals surface area contributed by atoms with Crippen molar-refractivity contribution in [1.82, 2.24) is 20.2 Å². The average Bonchev–Trinajstić information content (AvgIpc) is 3.44. The number of nitrogens with one attached hydrogen (secondary N) is 1. The molecule has 1 atom stereocenters. The molecule has 0 radical (unpaired) electrons. The van der Waals surface area contributed by atoms with E-state index in [1.165, 1.54) is 60.1 Å². The van der Waals surface area contributed by atoms with Crippen molar-refractivity contribution in [3.05, 3.63) is 32.7 Å². The molecular weight excluding hydrogens is 336 g/mol. The Morgan fingerprint density at radius 3 is 2.83 bits per heavy atom. The van der Waals surface area contributed by atoms with Gasteiger partial charge in [-0.3, -0.25) is 4.90 Å². The van der Waals surface area contributed by atoms with Crippen LogP contribution in [-0.4, -0.2) is 34.0 Å². The van der Waals surface area contributed by atoms with Crippen molar-refractivity contribution in [3.63, 3.8) is 0 Å². The lowest BCUT2D eigenvalue weighted by atomic mass is 9.93. The van der Waals surface area contributed by atoms with E-state index >= 15 is 0 Å². The Hall–Kier alpha value is -0.820. The first-order valence-electron chi connectivity index (χ1n) is 9.10. The first-order valence-corrected chi connectivity index (χ1v) is 10.8. The molecule has 2 saturated carbocycles. The van der Waals surface area contributed by atoms with Gasteiger partial charge in [0.05, 0.1) is 11.6 Å². The van der Waals surface area contributed by atoms with E-state index < -0.39 is 0 Å². The number of rotatable bonds is 6. The summed E-state index contributed by atoms with van der Waals surface area (Å²) in [6.45, 7) is 4.42. The number of nitrogens with zero attached hydrogens (tertiary/aromatic N) is 3. The third-order valence-corrected chi connectivity index (χ3v) is 7.77. The highest BCUT2D eigenvalue weighted by Gasteiger charge is 2.56. The molecule has 1 saturated heterocycles. The van der Waals surface area contributed by atoms with E-state index in [9.17, 15) is 0 Å². The molecule has 0 amide bonds. The van der Waals surface area contributed by atoms with Crippen LogP contribution in [0, 0.1) is 5.41 Å². The van der Waals surface area contributed by atoms with Gasteiger partial charge in [-0.25, -0.2) is 9.97 Å². The van der Waals surface area contributed by atoms with Gasteiger partial charge in [0.25, 0.3) is 0 Å². The van der Waals surface area contributed by atoms with Gasteiger partial charge in [0.2, 0.25) is 0 Å². The Balaban J connectivity index is 1.33. The van der Waals surface area contributed by atoms with Gasteiger partial charge in [0.15, 0.2) is 0 Å². The predicted octanol–water partition coefficient (Wildman–Crippen LogP) is 3.62. The molecule has 6 heteroatoms. The smallest absolute Gasteiger partial charge is 0.107 e. The van der Waals surface area contributed by atoms with Gasteiger partial charge >= 0.3 is 0 Å². The highest BCUT2D eigenvalue weighted by molar-refractivity contribution is 7.11. The standard InChI is InChI=1S/C18H24N4S2/c1-2-13(1)17-21-10-14(24-17)11-22(12-16-20-7-8-23-16)15-9-18(15)3-5-19-6-4-18/h7-8,10,13,15,19H,1-6,9,11-12H2/t15-/m1/s1. The average molecular weight is 361 g/mol. The summed E-state index contributed by atoms with van der Waals surface area (Å²) in [5.74, 6) is 0.771. The fourth-order valence-electron chi connectivity index (χ4n) is 4.20. The molecule has 0 bridgehead atoms. The molecule has 1 N–H and O–H groups in total. The number of aromatic nitrogens is 2. The normalized spacial score (nSPS) is 25.5. The second-order valence-electron chi connectivity index (χ2n) is 7.60. The highest BCUT2D eigenvalue weighted by atomic mass is 32.1. The van der Waals surface area contributed by atoms with Crippen LogP contribution in [0.5, 0.6) is 0 Å². The van der Waals surface area contributed by atoms with Crippen molar-refractivity contribution in [3.8, 4) is 0 Å². The number of hydrogen-bond acceptors (Lipinski definition) is 6. The third kappa shape index (κ3) is 3.05. The van der Waals surface area contributed by atoms with Crippen LogP contribution in [0.2, 0.25) is 0 Å². The van der Waals surface area contributed by atoms with Gasteiger partial charge in [0, 0.05) is 41.2 Å². The van der Waals surface area contributed by atoms with E-state index in [-0.39, 0.29) is 0 Å². The Labute approximate surface area is 151 Å². The highest BCUT2D eigenvalue weighted by Crippen LogP contribution is 2.56. The maximum Gasteiger partial charge on any atom is 0.107 e. The summed E-state index contributed by atoms with van der Waals surface area (Å²) < 4.78 is 0. The summed E-state index contributed by atoms with van der Waals surface area (Å²) in [7, 11) is 0. The molecule has 1 aliphatic heterocycles. The minimum absolute atomic E-state index is 0.576. The molecule has 2 aliphatic carbocycles. The SMILES string of the molecule is c1csc(CN(Cc2cnc(C3CC3)s2)[C@@H]2CC23CCNCC3)n1. The van der Waals surface area contributed by atoms with Crippen molar-refractivity contribution in [1.29, 1.82) is 0 Å². The zero-order chi connectivity index (χ0) is 16.0. The van der Waals surface area contributed by atoms with Crippen molar-refractivity contribution < 1.29 is 0 Å². The quantitative estimate of drug-likeness (QED) is 0.854. The van der Waals surface area contributed by atoms with Crippen LogP contribution >= 0.6 is 22.7 Å². The van der Waals surface area contributed by atoms with Crippen LogP contribution in [0.15, 0.2) is 17.8 Å². The molecule has 2 aromatic heterocycles. The molecule has 24 heavy (non-hydrogen) atoms. The lowest BCUT2D eigenvalue weighted by Crippen LogP contribution is -2.35. The van der Waals surface area contributed by atoms with Gasteiger partial charge in [-0.15, -0.1) is 22.7 Å². The first kappa shape index (κ1) is 15.4. The number of thiazole rings is 2. The molecule has 5 rings (SSSR count). The molecule has 0 aromatic carbocycles. The Morgan fingerprint density at radius 1 is 1.21 bits per heavy atom. The molecule has 3 aliphatic rings. The van der Waals surface area contributed by atoms with Crippen molar-refractivity contribution in [2.45, 2.75) is 57.2 Å². The Morgan fingerprint density at radius 2 is 2.08 bits per heavy atom. The maximum atomic E-state index is 4.68. The van der Waals surface area contributed by atoms with Crippen molar-refractivity contribution >= 4 is 22.7 Å². The number of piperidine rings is 1. The minimum atomic E-state index is 0.576. The van der Waals surface area contributed by atoms with E-state index in [0.29, 0.717) is 5.41 Å². The summed E-state index contributed by atoms with van der Waals surface area (Å²) >= 11 is 3.73. The molecule has 2 aromatic rings. The van der Waals surface area contributed by atoms with Crippen LogP contribution in [0.1, 0.15) is 52.9 Å². The largest absolute Gasteiger partial charge is 0.317 e. The summed E-state index contributed by atoms with van der Waals surface area (Å²) in [6, 6.07) is 0.731. The predicted molar refractivity (Wildman–Crippen MR) is 98.4 cm³/mol. The lowest BCUT2D eigenvalue weighted by Gasteiger charge is -2.28. The van der Waals surface area contributed by atoms with Crippen LogP contribution in [-0.2, 0) is 13.1 Å². The van der Waals surface area contributed by atoms with Gasteiger partial charge < -0.3 is 5.32 Å². The fourth-order valence-corrected chi connectivity index (χ4v) is 5.95. The summed E-state index contributed by atoms with van der Waals surface area (Å²) in [5, 5.41) is 8.23.